The van der Waals surface area contributed by atoms with E-state index >= 15 is 0 Å². The summed E-state index contributed by atoms with van der Waals surface area (Å²) >= 11 is 0. The molecule has 1 unspecified atom stereocenters. The number of aromatic amines is 1. The lowest BCUT2D eigenvalue weighted by atomic mass is 10.1. The van der Waals surface area contributed by atoms with Crippen molar-refractivity contribution in [1.29, 1.82) is 0 Å². The topological polar surface area (TPSA) is 113 Å². The van der Waals surface area contributed by atoms with Crippen molar-refractivity contribution in [3.8, 4) is 16.9 Å². The average Bonchev–Trinajstić information content (AvgIpc) is 3.25. The van der Waals surface area contributed by atoms with Crippen LogP contribution in [0.4, 0.5) is 26.3 Å². The second-order valence-corrected chi connectivity index (χ2v) is 6.40. The summed E-state index contributed by atoms with van der Waals surface area (Å²) in [6.07, 6.45) is -8.87. The molecule has 0 fully saturated rings. The van der Waals surface area contributed by atoms with Gasteiger partial charge in [-0.25, -0.2) is 13.2 Å². The minimum absolute atomic E-state index is 0.0220. The van der Waals surface area contributed by atoms with E-state index in [1.165, 1.54) is 11.5 Å². The molecule has 2 aromatic heterocycles. The Balaban J connectivity index is 2.10. The van der Waals surface area contributed by atoms with E-state index in [2.05, 4.69) is 15.3 Å². The molecule has 0 spiro atoms. The van der Waals surface area contributed by atoms with E-state index in [1.807, 2.05) is 0 Å². The molecule has 170 valence electrons. The third-order valence-corrected chi connectivity index (χ3v) is 4.26. The average molecular weight is 461 g/mol. The van der Waals surface area contributed by atoms with Gasteiger partial charge in [-0.1, -0.05) is 12.1 Å². The lowest BCUT2D eigenvalue weighted by Crippen LogP contribution is -2.48. The number of benzene rings is 1. The maximum absolute atomic E-state index is 13.0. The van der Waals surface area contributed by atoms with Crippen LogP contribution in [0.1, 0.15) is 15.9 Å². The maximum atomic E-state index is 13.0. The van der Waals surface area contributed by atoms with Crippen molar-refractivity contribution in [3.63, 3.8) is 0 Å². The normalized spacial score (nSPS) is 13.8. The standard InChI is InChI=1S/C18H13F6N5O3/c19-14(20)13(15(21)30)27-16(31)11-5-12(8-1-3-9(4-2-8)18(22,23)24)28-29(17(11)32)10-6-25-26-7-10/h1-7,13-15,30H,(H,25,26)(H,27,31)/t13-,15?/m0/s1. The Morgan fingerprint density at radius 3 is 2.31 bits per heavy atom. The number of halogens is 6. The highest BCUT2D eigenvalue weighted by Gasteiger charge is 2.32. The highest BCUT2D eigenvalue weighted by atomic mass is 19.4. The van der Waals surface area contributed by atoms with Crippen molar-refractivity contribution in [2.24, 2.45) is 0 Å². The molecule has 0 aliphatic heterocycles. The quantitative estimate of drug-likeness (QED) is 0.488. The van der Waals surface area contributed by atoms with Crippen LogP contribution < -0.4 is 10.9 Å². The van der Waals surface area contributed by atoms with E-state index in [0.29, 0.717) is 4.68 Å². The number of aliphatic hydroxyl groups is 1. The Labute approximate surface area is 174 Å². The number of H-pyrrole nitrogens is 1. The van der Waals surface area contributed by atoms with Crippen molar-refractivity contribution in [1.82, 2.24) is 25.3 Å². The maximum Gasteiger partial charge on any atom is 0.416 e. The number of nitrogens with one attached hydrogen (secondary N) is 2. The van der Waals surface area contributed by atoms with Crippen LogP contribution in [-0.4, -0.2) is 49.8 Å². The SMILES string of the molecule is O=C(N[C@H](C(O)F)C(F)F)c1cc(-c2ccc(C(F)(F)F)cc2)nn(-c2cn[nH]c2)c1=O. The van der Waals surface area contributed by atoms with Crippen LogP contribution in [0.2, 0.25) is 0 Å². The van der Waals surface area contributed by atoms with Gasteiger partial charge in [-0.05, 0) is 18.2 Å². The van der Waals surface area contributed by atoms with Crippen molar-refractivity contribution in [2.45, 2.75) is 25.0 Å². The fourth-order valence-corrected chi connectivity index (χ4v) is 2.64. The second-order valence-electron chi connectivity index (χ2n) is 6.40. The molecular formula is C18H13F6N5O3. The predicted molar refractivity (Wildman–Crippen MR) is 96.8 cm³/mol. The van der Waals surface area contributed by atoms with Gasteiger partial charge >= 0.3 is 6.18 Å². The minimum atomic E-state index is -4.61. The number of nitrogens with zero attached hydrogens (tertiary/aromatic N) is 3. The Hall–Kier alpha value is -3.68. The largest absolute Gasteiger partial charge is 0.416 e. The number of hydrogen-bond donors (Lipinski definition) is 3. The summed E-state index contributed by atoms with van der Waals surface area (Å²) in [7, 11) is 0. The first-order valence-corrected chi connectivity index (χ1v) is 8.71. The summed E-state index contributed by atoms with van der Waals surface area (Å²) in [5, 5.41) is 20.3. The van der Waals surface area contributed by atoms with Crippen LogP contribution in [0, 0.1) is 0 Å². The van der Waals surface area contributed by atoms with Crippen LogP contribution in [0.15, 0.2) is 47.5 Å². The first kappa shape index (κ1) is 23.0. The van der Waals surface area contributed by atoms with Crippen LogP contribution in [0.3, 0.4) is 0 Å². The molecule has 3 aromatic rings. The lowest BCUT2D eigenvalue weighted by molar-refractivity contribution is -0.137. The molecule has 32 heavy (non-hydrogen) atoms. The first-order valence-electron chi connectivity index (χ1n) is 8.71. The van der Waals surface area contributed by atoms with Gasteiger partial charge in [0.25, 0.3) is 17.9 Å². The van der Waals surface area contributed by atoms with Gasteiger partial charge in [-0.3, -0.25) is 14.7 Å². The van der Waals surface area contributed by atoms with E-state index in [0.717, 1.165) is 36.5 Å². The number of aliphatic hydroxyl groups excluding tert-OH is 1. The van der Waals surface area contributed by atoms with Gasteiger partial charge in [0.1, 0.15) is 17.3 Å². The fourth-order valence-electron chi connectivity index (χ4n) is 2.64. The number of carbonyl (C=O) groups excluding carboxylic acids is 1. The zero-order chi connectivity index (χ0) is 23.6. The predicted octanol–water partition coefficient (Wildman–Crippen LogP) is 2.29. The summed E-state index contributed by atoms with van der Waals surface area (Å²) in [6, 6.07) is 1.79. The smallest absolute Gasteiger partial charge is 0.362 e. The molecule has 0 saturated carbocycles. The third-order valence-electron chi connectivity index (χ3n) is 4.26. The molecular weight excluding hydrogens is 448 g/mol. The van der Waals surface area contributed by atoms with E-state index < -0.39 is 47.6 Å². The number of amides is 1. The Morgan fingerprint density at radius 2 is 1.81 bits per heavy atom. The molecule has 0 saturated heterocycles. The van der Waals surface area contributed by atoms with Crippen molar-refractivity contribution in [2.75, 3.05) is 0 Å². The van der Waals surface area contributed by atoms with Crippen molar-refractivity contribution >= 4 is 5.91 Å². The van der Waals surface area contributed by atoms with Crippen LogP contribution in [0.5, 0.6) is 0 Å². The molecule has 1 aromatic carbocycles. The monoisotopic (exact) mass is 461 g/mol. The second kappa shape index (κ2) is 8.82. The molecule has 3 N–H and O–H groups in total. The number of rotatable bonds is 6. The molecule has 0 aliphatic carbocycles. The molecule has 1 amide bonds. The van der Waals surface area contributed by atoms with E-state index in [9.17, 15) is 35.9 Å². The highest BCUT2D eigenvalue weighted by Crippen LogP contribution is 2.30. The fraction of sp³-hybridized carbons (Fsp3) is 0.222. The van der Waals surface area contributed by atoms with E-state index in [1.54, 1.807) is 0 Å². The molecule has 2 heterocycles. The molecule has 2 atom stereocenters. The number of hydrogen-bond acceptors (Lipinski definition) is 5. The van der Waals surface area contributed by atoms with Gasteiger partial charge in [-0.2, -0.15) is 28.1 Å². The molecule has 0 bridgehead atoms. The Kier molecular flexibility index (Phi) is 6.34. The van der Waals surface area contributed by atoms with E-state index in [-0.39, 0.29) is 16.9 Å². The van der Waals surface area contributed by atoms with Crippen LogP contribution in [0.25, 0.3) is 16.9 Å². The molecule has 8 nitrogen and oxygen atoms in total. The van der Waals surface area contributed by atoms with Gasteiger partial charge in [0.15, 0.2) is 0 Å². The Bertz CT molecular complexity index is 1140. The molecule has 14 heteroatoms. The summed E-state index contributed by atoms with van der Waals surface area (Å²) in [5.74, 6) is -1.45. The highest BCUT2D eigenvalue weighted by molar-refractivity contribution is 5.95. The van der Waals surface area contributed by atoms with E-state index in [4.69, 9.17) is 5.11 Å². The summed E-state index contributed by atoms with van der Waals surface area (Å²) in [6.45, 7) is 0. The summed E-state index contributed by atoms with van der Waals surface area (Å²) in [4.78, 5) is 25.1. The van der Waals surface area contributed by atoms with Gasteiger partial charge in [0.05, 0.1) is 17.5 Å². The van der Waals surface area contributed by atoms with Gasteiger partial charge in [-0.15, -0.1) is 0 Å². The first-order chi connectivity index (χ1) is 15.0. The molecule has 3 rings (SSSR count). The zero-order valence-electron chi connectivity index (χ0n) is 15.6. The van der Waals surface area contributed by atoms with Crippen molar-refractivity contribution < 1.29 is 36.2 Å². The Morgan fingerprint density at radius 1 is 1.16 bits per heavy atom. The van der Waals surface area contributed by atoms with Gasteiger partial charge in [0, 0.05) is 11.8 Å². The zero-order valence-corrected chi connectivity index (χ0v) is 15.6. The molecule has 0 aliphatic rings. The van der Waals surface area contributed by atoms with Gasteiger partial charge in [0.2, 0.25) is 6.36 Å². The van der Waals surface area contributed by atoms with Gasteiger partial charge < -0.3 is 10.4 Å². The minimum Gasteiger partial charge on any atom is -0.362 e. The van der Waals surface area contributed by atoms with Crippen molar-refractivity contribution in [3.05, 3.63) is 64.2 Å². The summed E-state index contributed by atoms with van der Waals surface area (Å²) < 4.78 is 77.9. The summed E-state index contributed by atoms with van der Waals surface area (Å²) in [5.41, 5.74) is -2.93. The number of carbonyl (C=O) groups is 1. The third kappa shape index (κ3) is 4.80. The lowest BCUT2D eigenvalue weighted by Gasteiger charge is -2.18. The van der Waals surface area contributed by atoms with Crippen LogP contribution in [-0.2, 0) is 6.18 Å². The molecule has 0 radical (unpaired) electrons. The number of aromatic nitrogens is 4. The van der Waals surface area contributed by atoms with Crippen LogP contribution >= 0.6 is 0 Å². The number of alkyl halides is 6.